The Labute approximate surface area is 156 Å². The van der Waals surface area contributed by atoms with Crippen LogP contribution >= 0.6 is 0 Å². The van der Waals surface area contributed by atoms with Crippen molar-refractivity contribution in [2.75, 3.05) is 26.2 Å². The molecule has 1 aliphatic heterocycles. The van der Waals surface area contributed by atoms with Gasteiger partial charge in [-0.3, -0.25) is 4.79 Å². The second-order valence-corrected chi connectivity index (χ2v) is 8.65. The zero-order valence-corrected chi connectivity index (χ0v) is 15.5. The van der Waals surface area contributed by atoms with E-state index in [1.807, 2.05) is 12.2 Å². The van der Waals surface area contributed by atoms with Gasteiger partial charge in [0.1, 0.15) is 0 Å². The highest BCUT2D eigenvalue weighted by Gasteiger charge is 2.39. The van der Waals surface area contributed by atoms with Crippen LogP contribution < -0.4 is 0 Å². The van der Waals surface area contributed by atoms with Crippen LogP contribution in [0, 0.1) is 5.92 Å². The van der Waals surface area contributed by atoms with E-state index in [0.717, 1.165) is 35.3 Å². The Hall–Kier alpha value is -1.87. The normalized spacial score (nSPS) is 21.6. The van der Waals surface area contributed by atoms with Crippen LogP contribution in [-0.2, 0) is 21.0 Å². The molecule has 1 aromatic rings. The van der Waals surface area contributed by atoms with Gasteiger partial charge in [0.2, 0.25) is 15.9 Å². The van der Waals surface area contributed by atoms with Gasteiger partial charge < -0.3 is 4.90 Å². The average Bonchev–Trinajstić information content (AvgIpc) is 3.14. The molecule has 5 nitrogen and oxygen atoms in total. The predicted molar refractivity (Wildman–Crippen MR) is 93.3 cm³/mol. The van der Waals surface area contributed by atoms with Crippen molar-refractivity contribution in [3.05, 3.63) is 42.0 Å². The fraction of sp³-hybridized carbons (Fsp3) is 0.500. The molecule has 1 fully saturated rings. The van der Waals surface area contributed by atoms with E-state index in [9.17, 15) is 26.4 Å². The molecule has 1 amide bonds. The minimum atomic E-state index is -4.75. The molecular formula is C18H21F3N2O3S. The summed E-state index contributed by atoms with van der Waals surface area (Å²) in [6.45, 7) is 0.340. The Balaban J connectivity index is 1.68. The number of allylic oxidation sites excluding steroid dienone is 2. The van der Waals surface area contributed by atoms with Gasteiger partial charge in [0.25, 0.3) is 0 Å². The van der Waals surface area contributed by atoms with Gasteiger partial charge in [-0.1, -0.05) is 24.3 Å². The highest BCUT2D eigenvalue weighted by Crippen LogP contribution is 2.35. The second-order valence-electron chi connectivity index (χ2n) is 6.75. The first-order valence-corrected chi connectivity index (χ1v) is 10.2. The third kappa shape index (κ3) is 4.35. The second kappa shape index (κ2) is 7.63. The van der Waals surface area contributed by atoms with Crippen LogP contribution in [0.3, 0.4) is 0 Å². The smallest absolute Gasteiger partial charge is 0.340 e. The van der Waals surface area contributed by atoms with Gasteiger partial charge >= 0.3 is 6.18 Å². The van der Waals surface area contributed by atoms with Gasteiger partial charge in [-0.25, -0.2) is 8.42 Å². The lowest BCUT2D eigenvalue weighted by Crippen LogP contribution is -2.50. The first kappa shape index (κ1) is 19.9. The molecule has 0 bridgehead atoms. The quantitative estimate of drug-likeness (QED) is 0.728. The highest BCUT2D eigenvalue weighted by atomic mass is 32.2. The molecule has 0 N–H and O–H groups in total. The highest BCUT2D eigenvalue weighted by molar-refractivity contribution is 7.89. The largest absolute Gasteiger partial charge is 0.417 e. The number of rotatable bonds is 4. The molecule has 1 unspecified atom stereocenters. The molecule has 0 radical (unpaired) electrons. The number of sulfonamides is 1. The van der Waals surface area contributed by atoms with Crippen LogP contribution in [0.5, 0.6) is 0 Å². The molecule has 0 saturated carbocycles. The average molecular weight is 402 g/mol. The molecule has 2 aliphatic rings. The van der Waals surface area contributed by atoms with E-state index in [-0.39, 0.29) is 38.0 Å². The number of amides is 1. The maximum Gasteiger partial charge on any atom is 0.417 e. The first-order chi connectivity index (χ1) is 12.7. The minimum absolute atomic E-state index is 0.0131. The maximum absolute atomic E-state index is 13.2. The molecule has 0 spiro atoms. The lowest BCUT2D eigenvalue weighted by atomic mass is 10.0. The van der Waals surface area contributed by atoms with E-state index in [1.165, 1.54) is 6.07 Å². The summed E-state index contributed by atoms with van der Waals surface area (Å²) in [5.74, 6) is 0.178. The number of hydrogen-bond donors (Lipinski definition) is 0. The number of carbonyl (C=O) groups is 1. The molecule has 1 aromatic carbocycles. The van der Waals surface area contributed by atoms with Crippen LogP contribution in [0.2, 0.25) is 0 Å². The summed E-state index contributed by atoms with van der Waals surface area (Å²) >= 11 is 0. The number of hydrogen-bond acceptors (Lipinski definition) is 3. The standard InChI is InChI=1S/C18H21F3N2O3S/c19-18(20,21)15-7-3-4-8-16(15)27(25,26)23-11-9-22(10-12-23)17(24)13-14-5-1-2-6-14/h1,3-5,7-8,14H,2,6,9-13H2. The SMILES string of the molecule is O=C(CC1C=CCC1)N1CCN(S(=O)(=O)c2ccccc2C(F)(F)F)CC1. The first-order valence-electron chi connectivity index (χ1n) is 8.80. The number of benzene rings is 1. The van der Waals surface area contributed by atoms with Gasteiger partial charge in [-0.2, -0.15) is 17.5 Å². The third-order valence-electron chi connectivity index (χ3n) is 4.95. The maximum atomic E-state index is 13.2. The van der Waals surface area contributed by atoms with Crippen LogP contribution in [-0.4, -0.2) is 49.7 Å². The topological polar surface area (TPSA) is 57.7 Å². The Kier molecular flexibility index (Phi) is 5.62. The van der Waals surface area contributed by atoms with Crippen LogP contribution in [0.15, 0.2) is 41.3 Å². The van der Waals surface area contributed by atoms with Crippen molar-refractivity contribution in [1.82, 2.24) is 9.21 Å². The Bertz CT molecular complexity index is 828. The lowest BCUT2D eigenvalue weighted by Gasteiger charge is -2.34. The van der Waals surface area contributed by atoms with Crippen molar-refractivity contribution < 1.29 is 26.4 Å². The van der Waals surface area contributed by atoms with Gasteiger partial charge in [-0.15, -0.1) is 0 Å². The monoisotopic (exact) mass is 402 g/mol. The summed E-state index contributed by atoms with van der Waals surface area (Å²) in [6, 6.07) is 4.18. The molecule has 0 aromatic heterocycles. The number of nitrogens with zero attached hydrogens (tertiary/aromatic N) is 2. The Morgan fingerprint density at radius 1 is 1.11 bits per heavy atom. The molecule has 3 rings (SSSR count). The lowest BCUT2D eigenvalue weighted by molar-refractivity contribution is -0.139. The summed E-state index contributed by atoms with van der Waals surface area (Å²) in [5.41, 5.74) is -1.17. The van der Waals surface area contributed by atoms with E-state index in [1.54, 1.807) is 4.90 Å². The van der Waals surface area contributed by atoms with Crippen molar-refractivity contribution in [1.29, 1.82) is 0 Å². The van der Waals surface area contributed by atoms with Crippen LogP contribution in [0.4, 0.5) is 13.2 Å². The predicted octanol–water partition coefficient (Wildman–Crippen LogP) is 2.89. The van der Waals surface area contributed by atoms with Crippen molar-refractivity contribution >= 4 is 15.9 Å². The molecule has 1 heterocycles. The van der Waals surface area contributed by atoms with Gasteiger partial charge in [-0.05, 0) is 30.9 Å². The minimum Gasteiger partial charge on any atom is -0.340 e. The van der Waals surface area contributed by atoms with E-state index in [2.05, 4.69) is 0 Å². The van der Waals surface area contributed by atoms with Gasteiger partial charge in [0, 0.05) is 32.6 Å². The molecule has 148 valence electrons. The molecule has 9 heteroatoms. The van der Waals surface area contributed by atoms with Crippen LogP contribution in [0.25, 0.3) is 0 Å². The zero-order valence-electron chi connectivity index (χ0n) is 14.7. The van der Waals surface area contributed by atoms with Crippen molar-refractivity contribution in [2.45, 2.75) is 30.3 Å². The zero-order chi connectivity index (χ0) is 19.7. The van der Waals surface area contributed by atoms with Crippen LogP contribution in [0.1, 0.15) is 24.8 Å². The van der Waals surface area contributed by atoms with E-state index in [4.69, 9.17) is 0 Å². The van der Waals surface area contributed by atoms with E-state index in [0.29, 0.717) is 6.42 Å². The summed E-state index contributed by atoms with van der Waals surface area (Å²) in [7, 11) is -4.28. The molecule has 27 heavy (non-hydrogen) atoms. The van der Waals surface area contributed by atoms with Gasteiger partial charge in [0.15, 0.2) is 0 Å². The number of alkyl halides is 3. The van der Waals surface area contributed by atoms with E-state index < -0.39 is 26.7 Å². The summed E-state index contributed by atoms with van der Waals surface area (Å²) in [5, 5.41) is 0. The summed E-state index contributed by atoms with van der Waals surface area (Å²) in [4.78, 5) is 13.2. The summed E-state index contributed by atoms with van der Waals surface area (Å²) in [6.07, 6.45) is 1.60. The van der Waals surface area contributed by atoms with Gasteiger partial charge in [0.05, 0.1) is 10.5 Å². The number of halogens is 3. The summed E-state index contributed by atoms with van der Waals surface area (Å²) < 4.78 is 66.0. The fourth-order valence-electron chi connectivity index (χ4n) is 3.46. The number of piperazine rings is 1. The Morgan fingerprint density at radius 3 is 2.37 bits per heavy atom. The molecular weight excluding hydrogens is 381 g/mol. The molecule has 1 atom stereocenters. The van der Waals surface area contributed by atoms with E-state index >= 15 is 0 Å². The molecule has 1 saturated heterocycles. The van der Waals surface area contributed by atoms with Crippen molar-refractivity contribution in [3.8, 4) is 0 Å². The van der Waals surface area contributed by atoms with Crippen molar-refractivity contribution in [3.63, 3.8) is 0 Å². The Morgan fingerprint density at radius 2 is 1.78 bits per heavy atom. The fourth-order valence-corrected chi connectivity index (χ4v) is 5.10. The van der Waals surface area contributed by atoms with Crippen molar-refractivity contribution in [2.24, 2.45) is 5.92 Å². The molecule has 1 aliphatic carbocycles. The number of carbonyl (C=O) groups excluding carboxylic acids is 1. The third-order valence-corrected chi connectivity index (χ3v) is 6.91.